The fraction of sp³-hybridized carbons (Fsp3) is 0.139. The summed E-state index contributed by atoms with van der Waals surface area (Å²) in [6.45, 7) is 6.94. The Morgan fingerprint density at radius 1 is 0.667 bits per heavy atom. The Hall–Kier alpha value is -2.75. The van der Waals surface area contributed by atoms with Gasteiger partial charge in [0.1, 0.15) is 0 Å². The van der Waals surface area contributed by atoms with Crippen molar-refractivity contribution in [3.05, 3.63) is 143 Å². The van der Waals surface area contributed by atoms with Crippen LogP contribution < -0.4 is 0 Å². The van der Waals surface area contributed by atoms with Gasteiger partial charge in [-0.1, -0.05) is 0 Å². The molecule has 0 saturated heterocycles. The summed E-state index contributed by atoms with van der Waals surface area (Å²) in [6, 6.07) is 36.6. The van der Waals surface area contributed by atoms with E-state index in [0.29, 0.717) is 0 Å². The summed E-state index contributed by atoms with van der Waals surface area (Å²) < 4.78 is 1.92. The Balaban J connectivity index is 1.50. The molecule has 42 heavy (non-hydrogen) atoms. The van der Waals surface area contributed by atoms with Crippen LogP contribution in [0.2, 0.25) is 13.1 Å². The number of hydrogen-bond donors (Lipinski definition) is 0. The molecule has 0 radical (unpaired) electrons. The quantitative estimate of drug-likeness (QED) is 0.169. The van der Waals surface area contributed by atoms with Gasteiger partial charge >= 0.3 is 258 Å². The van der Waals surface area contributed by atoms with Gasteiger partial charge in [-0.05, 0) is 0 Å². The van der Waals surface area contributed by atoms with Crippen molar-refractivity contribution in [1.29, 1.82) is 0 Å². The average molecular weight is 683 g/mol. The van der Waals surface area contributed by atoms with Gasteiger partial charge in [0, 0.05) is 0 Å². The minimum atomic E-state index is -4.93. The molecule has 7 rings (SSSR count). The Morgan fingerprint density at radius 2 is 1.21 bits per heavy atom. The molecule has 2 atom stereocenters. The van der Waals surface area contributed by atoms with Crippen molar-refractivity contribution in [3.63, 3.8) is 0 Å². The van der Waals surface area contributed by atoms with Crippen LogP contribution in [-0.4, -0.2) is 15.2 Å². The van der Waals surface area contributed by atoms with E-state index in [2.05, 4.69) is 129 Å². The first-order valence-electron chi connectivity index (χ1n) is 14.4. The van der Waals surface area contributed by atoms with E-state index in [1.54, 1.807) is 0 Å². The van der Waals surface area contributed by atoms with Gasteiger partial charge in [0.15, 0.2) is 0 Å². The summed E-state index contributed by atoms with van der Waals surface area (Å²) in [5.74, 6) is 0. The first-order chi connectivity index (χ1) is 20.3. The van der Waals surface area contributed by atoms with Gasteiger partial charge in [0.05, 0.1) is 0 Å². The fourth-order valence-corrected chi connectivity index (χ4v) is 36.2. The topological polar surface area (TPSA) is 17.8 Å². The maximum absolute atomic E-state index is 8.50. The third-order valence-corrected chi connectivity index (χ3v) is 55.8. The number of fused-ring (bicyclic) bond motifs is 2. The van der Waals surface area contributed by atoms with E-state index >= 15 is 0 Å². The summed E-state index contributed by atoms with van der Waals surface area (Å²) in [6.07, 6.45) is 8.55. The molecule has 2 aliphatic carbocycles. The molecule has 1 aromatic heterocycles. The second kappa shape index (κ2) is 10.5. The zero-order valence-corrected chi connectivity index (χ0v) is 28.9. The SMILES string of the molecule is CC1=Cc2c(-c3ccccc3)cccc2[CH]1[Zr]([Cl])([Cl])([CH]1C(n2cccn2)=Cc2c(-c3ccccc3)cccc21)=[Si](C)C. The van der Waals surface area contributed by atoms with Crippen molar-refractivity contribution < 1.29 is 15.0 Å². The summed E-state index contributed by atoms with van der Waals surface area (Å²) in [5.41, 5.74) is 11.0. The molecule has 5 aromatic rings. The van der Waals surface area contributed by atoms with Gasteiger partial charge < -0.3 is 0 Å². The third kappa shape index (κ3) is 4.18. The number of allylic oxidation sites excluding steroid dienone is 2. The Morgan fingerprint density at radius 3 is 1.74 bits per heavy atom. The van der Waals surface area contributed by atoms with Crippen LogP contribution in [0.15, 0.2) is 121 Å². The number of rotatable bonds is 5. The molecule has 6 heteroatoms. The third-order valence-electron chi connectivity index (χ3n) is 9.27. The molecule has 0 amide bonds. The van der Waals surface area contributed by atoms with Gasteiger partial charge in [0.25, 0.3) is 0 Å². The van der Waals surface area contributed by atoms with E-state index in [1.807, 2.05) is 23.1 Å². The van der Waals surface area contributed by atoms with E-state index in [0.717, 1.165) is 5.70 Å². The predicted molar refractivity (Wildman–Crippen MR) is 178 cm³/mol. The molecule has 0 spiro atoms. The standard InChI is InChI=1S/C18H13N2.C16H13.C2H6Si.2ClH.Zr/c1-2-6-14(7-3-1)17-9-4-8-15-12-16(13-18(15)17)20-11-5-10-19-20;1-12-10-14-8-5-9-15(16(14)11-12)13-6-3-2-4-7-13;1-3-2;;;/h1-13H;2-11H,1H3;1-2H3;2*1H;/q;;;;;+2/p-2. The Kier molecular flexibility index (Phi) is 6.98. The van der Waals surface area contributed by atoms with Crippen molar-refractivity contribution >= 4 is 40.3 Å². The van der Waals surface area contributed by atoms with Crippen molar-refractivity contribution in [2.45, 2.75) is 27.3 Å². The number of hydrogen-bond acceptors (Lipinski definition) is 1. The van der Waals surface area contributed by atoms with E-state index in [1.165, 1.54) is 50.1 Å². The van der Waals surface area contributed by atoms with Crippen LogP contribution in [0.1, 0.15) is 36.4 Å². The van der Waals surface area contributed by atoms with Crippen molar-refractivity contribution in [2.75, 3.05) is 0 Å². The molecule has 0 aliphatic heterocycles. The van der Waals surface area contributed by atoms with Gasteiger partial charge in [-0.3, -0.25) is 0 Å². The normalized spacial score (nSPS) is 17.9. The van der Waals surface area contributed by atoms with Crippen LogP contribution in [0, 0.1) is 0 Å². The van der Waals surface area contributed by atoms with E-state index < -0.39 is 20.4 Å². The first kappa shape index (κ1) is 28.0. The van der Waals surface area contributed by atoms with Crippen LogP contribution in [0.5, 0.6) is 0 Å². The first-order valence-corrected chi connectivity index (χ1v) is 29.8. The number of benzene rings is 4. The van der Waals surface area contributed by atoms with Gasteiger partial charge in [-0.25, -0.2) is 0 Å². The molecule has 0 N–H and O–H groups in total. The van der Waals surface area contributed by atoms with Gasteiger partial charge in [0.2, 0.25) is 0 Å². The number of nitrogens with zero attached hydrogens (tertiary/aromatic N) is 2. The molecule has 2 aliphatic rings. The Bertz CT molecular complexity index is 1970. The fourth-order valence-electron chi connectivity index (χ4n) is 7.30. The summed E-state index contributed by atoms with van der Waals surface area (Å²) in [5, 5.41) is 4.74. The van der Waals surface area contributed by atoms with Crippen molar-refractivity contribution in [2.24, 2.45) is 0 Å². The van der Waals surface area contributed by atoms with Crippen LogP contribution >= 0.6 is 17.0 Å². The molecular weight excluding hydrogens is 651 g/mol. The molecule has 0 fully saturated rings. The minimum absolute atomic E-state index is 0.00705. The zero-order valence-electron chi connectivity index (χ0n) is 23.9. The van der Waals surface area contributed by atoms with Gasteiger partial charge in [-0.15, -0.1) is 0 Å². The van der Waals surface area contributed by atoms with E-state index in [-0.39, 0.29) is 7.25 Å². The molecule has 2 unspecified atom stereocenters. The molecule has 0 bridgehead atoms. The second-order valence-corrected chi connectivity index (χ2v) is 50.6. The van der Waals surface area contributed by atoms with Crippen molar-refractivity contribution in [1.82, 2.24) is 9.78 Å². The maximum atomic E-state index is 8.50. The van der Waals surface area contributed by atoms with Crippen molar-refractivity contribution in [3.8, 4) is 22.3 Å². The Labute approximate surface area is 256 Å². The van der Waals surface area contributed by atoms with E-state index in [4.69, 9.17) is 22.1 Å². The number of aromatic nitrogens is 2. The zero-order chi connectivity index (χ0) is 29.1. The average Bonchev–Trinajstić information content (AvgIpc) is 3.75. The summed E-state index contributed by atoms with van der Waals surface area (Å²) in [7, 11) is 17.0. The second-order valence-electron chi connectivity index (χ2n) is 11.8. The molecule has 1 heterocycles. The van der Waals surface area contributed by atoms with Crippen LogP contribution in [0.3, 0.4) is 0 Å². The summed E-state index contributed by atoms with van der Waals surface area (Å²) >= 11 is -4.93. The summed E-state index contributed by atoms with van der Waals surface area (Å²) in [4.78, 5) is 0. The molecule has 4 aromatic carbocycles. The van der Waals surface area contributed by atoms with Gasteiger partial charge in [-0.2, -0.15) is 0 Å². The molecule has 208 valence electrons. The molecular formula is C36H32Cl2N2SiZr. The van der Waals surface area contributed by atoms with Crippen LogP contribution in [0.4, 0.5) is 0 Å². The van der Waals surface area contributed by atoms with E-state index in [9.17, 15) is 0 Å². The number of halogens is 2. The van der Waals surface area contributed by atoms with Crippen LogP contribution in [-0.2, 0) is 15.0 Å². The predicted octanol–water partition coefficient (Wildman–Crippen LogP) is 10.7. The molecule has 0 saturated carbocycles. The molecule has 2 nitrogen and oxygen atoms in total. The monoisotopic (exact) mass is 680 g/mol. The van der Waals surface area contributed by atoms with Crippen LogP contribution in [0.25, 0.3) is 40.1 Å².